The van der Waals surface area contributed by atoms with Crippen molar-refractivity contribution in [2.75, 3.05) is 54.9 Å². The number of nitrogens with zero attached hydrogens (tertiary/aromatic N) is 6. The van der Waals surface area contributed by atoms with E-state index in [1.807, 2.05) is 31.2 Å². The number of anilines is 4. The van der Waals surface area contributed by atoms with Gasteiger partial charge < -0.3 is 15.3 Å². The van der Waals surface area contributed by atoms with Crippen LogP contribution in [-0.4, -0.2) is 75.2 Å². The van der Waals surface area contributed by atoms with Crippen molar-refractivity contribution in [3.63, 3.8) is 0 Å². The number of amides is 1. The van der Waals surface area contributed by atoms with E-state index in [-0.39, 0.29) is 12.5 Å². The van der Waals surface area contributed by atoms with Crippen molar-refractivity contribution < 1.29 is 9.90 Å². The van der Waals surface area contributed by atoms with E-state index in [4.69, 9.17) is 5.11 Å². The number of aliphatic hydroxyl groups excluding tert-OH is 1. The van der Waals surface area contributed by atoms with Crippen molar-refractivity contribution in [1.82, 2.24) is 24.8 Å². The first-order chi connectivity index (χ1) is 15.5. The van der Waals surface area contributed by atoms with Crippen molar-refractivity contribution in [3.8, 4) is 10.4 Å². The Labute approximate surface area is 190 Å². The second kappa shape index (κ2) is 9.98. The Balaban J connectivity index is 1.44. The molecule has 0 aliphatic carbocycles. The fourth-order valence-electron chi connectivity index (χ4n) is 3.46. The highest BCUT2D eigenvalue weighted by molar-refractivity contribution is 7.18. The van der Waals surface area contributed by atoms with Crippen LogP contribution in [-0.2, 0) is 4.79 Å². The summed E-state index contributed by atoms with van der Waals surface area (Å²) in [7, 11) is 0. The lowest BCUT2D eigenvalue weighted by atomic mass is 10.2. The van der Waals surface area contributed by atoms with Crippen LogP contribution in [0.15, 0.2) is 30.5 Å². The van der Waals surface area contributed by atoms with Gasteiger partial charge in [-0.1, -0.05) is 23.5 Å². The number of thiazole rings is 1. The Kier molecular flexibility index (Phi) is 6.88. The maximum absolute atomic E-state index is 11.2. The van der Waals surface area contributed by atoms with Crippen LogP contribution >= 0.6 is 11.3 Å². The Morgan fingerprint density at radius 1 is 1.12 bits per heavy atom. The minimum atomic E-state index is -0.0962. The topological polar surface area (TPSA) is 119 Å². The van der Waals surface area contributed by atoms with Crippen LogP contribution in [0.5, 0.6) is 0 Å². The Hall–Kier alpha value is -3.15. The van der Waals surface area contributed by atoms with E-state index in [1.165, 1.54) is 18.3 Å². The summed E-state index contributed by atoms with van der Waals surface area (Å²) in [5.74, 6) is 1.66. The lowest BCUT2D eigenvalue weighted by Gasteiger charge is -2.34. The van der Waals surface area contributed by atoms with Crippen molar-refractivity contribution >= 4 is 40.0 Å². The third kappa shape index (κ3) is 5.55. The number of carbonyl (C=O) groups excluding carboxylic acids is 1. The fourth-order valence-corrected chi connectivity index (χ4v) is 4.28. The van der Waals surface area contributed by atoms with Gasteiger partial charge in [-0.25, -0.2) is 4.98 Å². The average molecular weight is 455 g/mol. The van der Waals surface area contributed by atoms with Gasteiger partial charge in [-0.3, -0.25) is 15.0 Å². The van der Waals surface area contributed by atoms with Crippen molar-refractivity contribution in [3.05, 3.63) is 36.3 Å². The normalized spacial score (nSPS) is 14.4. The molecule has 11 heteroatoms. The van der Waals surface area contributed by atoms with Crippen molar-refractivity contribution in [2.45, 2.75) is 13.8 Å². The number of aromatic nitrogens is 4. The maximum Gasteiger partial charge on any atom is 0.234 e. The number of nitrogens with one attached hydrogen (secondary N) is 2. The second-order valence-corrected chi connectivity index (χ2v) is 8.50. The number of benzene rings is 1. The molecule has 3 heterocycles. The smallest absolute Gasteiger partial charge is 0.234 e. The monoisotopic (exact) mass is 454 g/mol. The van der Waals surface area contributed by atoms with Crippen LogP contribution in [0.2, 0.25) is 0 Å². The number of piperazine rings is 1. The van der Waals surface area contributed by atoms with Gasteiger partial charge in [0.05, 0.1) is 11.5 Å². The van der Waals surface area contributed by atoms with Crippen LogP contribution < -0.4 is 15.5 Å². The van der Waals surface area contributed by atoms with Crippen LogP contribution in [0.4, 0.5) is 22.7 Å². The zero-order chi connectivity index (χ0) is 22.5. The first-order valence-electron chi connectivity index (χ1n) is 10.4. The van der Waals surface area contributed by atoms with Gasteiger partial charge in [0.25, 0.3) is 0 Å². The minimum Gasteiger partial charge on any atom is -0.395 e. The van der Waals surface area contributed by atoms with E-state index in [0.29, 0.717) is 29.4 Å². The van der Waals surface area contributed by atoms with E-state index >= 15 is 0 Å². The van der Waals surface area contributed by atoms with Gasteiger partial charge in [0.1, 0.15) is 5.82 Å². The molecule has 0 bridgehead atoms. The summed E-state index contributed by atoms with van der Waals surface area (Å²) in [6.45, 7) is 7.54. The molecule has 0 radical (unpaired) electrons. The highest BCUT2D eigenvalue weighted by Crippen LogP contribution is 2.31. The maximum atomic E-state index is 11.2. The summed E-state index contributed by atoms with van der Waals surface area (Å²) < 4.78 is 0. The molecule has 1 aliphatic rings. The first-order valence-corrected chi connectivity index (χ1v) is 11.2. The number of β-amino-alcohol motifs (C(OH)–C–C–N with tert-alkyl or cyclic N) is 1. The summed E-state index contributed by atoms with van der Waals surface area (Å²) in [4.78, 5) is 34.5. The fraction of sp³-hybridized carbons (Fsp3) is 0.381. The van der Waals surface area contributed by atoms with Crippen LogP contribution in [0.1, 0.15) is 12.7 Å². The molecule has 0 spiro atoms. The van der Waals surface area contributed by atoms with E-state index in [0.717, 1.165) is 42.3 Å². The zero-order valence-corrected chi connectivity index (χ0v) is 18.9. The molecular weight excluding hydrogens is 428 g/mol. The minimum absolute atomic E-state index is 0.0962. The molecule has 0 atom stereocenters. The lowest BCUT2D eigenvalue weighted by molar-refractivity contribution is -0.114. The molecule has 4 rings (SSSR count). The van der Waals surface area contributed by atoms with Gasteiger partial charge in [0.15, 0.2) is 5.13 Å². The first kappa shape index (κ1) is 22.1. The van der Waals surface area contributed by atoms with Gasteiger partial charge in [-0.15, -0.1) is 0 Å². The molecule has 168 valence electrons. The number of aryl methyl sites for hydroxylation is 1. The zero-order valence-electron chi connectivity index (χ0n) is 18.1. The van der Waals surface area contributed by atoms with E-state index < -0.39 is 0 Å². The Bertz CT molecular complexity index is 1060. The molecular formula is C21H26N8O2S. The average Bonchev–Trinajstić information content (AvgIpc) is 3.22. The summed E-state index contributed by atoms with van der Waals surface area (Å²) in [5.41, 5.74) is 1.77. The molecule has 1 saturated heterocycles. The number of hydrogen-bond donors (Lipinski definition) is 3. The van der Waals surface area contributed by atoms with E-state index in [9.17, 15) is 4.79 Å². The van der Waals surface area contributed by atoms with Gasteiger partial charge in [0.2, 0.25) is 17.8 Å². The summed E-state index contributed by atoms with van der Waals surface area (Å²) in [5, 5.41) is 15.8. The standard InChI is InChI=1S/C21H26N8O2S/c1-14-23-19(26-20(24-14)29-9-7-28(8-10-29)11-12-30)27-21-22-13-18(32-21)16-3-5-17(6-4-16)25-15(2)31/h3-6,13,30H,7-12H2,1-2H3,(H,25,31)(H,22,23,24,26,27). The van der Waals surface area contributed by atoms with E-state index in [2.05, 4.69) is 40.4 Å². The third-order valence-electron chi connectivity index (χ3n) is 5.02. The number of aliphatic hydroxyl groups is 1. The molecule has 10 nitrogen and oxygen atoms in total. The molecule has 1 aromatic carbocycles. The second-order valence-electron chi connectivity index (χ2n) is 7.47. The molecule has 32 heavy (non-hydrogen) atoms. The predicted octanol–water partition coefficient (Wildman–Crippen LogP) is 2.12. The van der Waals surface area contributed by atoms with Gasteiger partial charge >= 0.3 is 0 Å². The predicted molar refractivity (Wildman–Crippen MR) is 125 cm³/mol. The SMILES string of the molecule is CC(=O)Nc1ccc(-c2cnc(Nc3nc(C)nc(N4CCN(CCO)CC4)n3)s2)cc1. The Morgan fingerprint density at radius 2 is 1.88 bits per heavy atom. The van der Waals surface area contributed by atoms with Crippen LogP contribution in [0, 0.1) is 6.92 Å². The molecule has 0 saturated carbocycles. The molecule has 1 amide bonds. The molecule has 1 fully saturated rings. The van der Waals surface area contributed by atoms with Crippen molar-refractivity contribution in [2.24, 2.45) is 0 Å². The molecule has 0 unspecified atom stereocenters. The third-order valence-corrected chi connectivity index (χ3v) is 5.98. The lowest BCUT2D eigenvalue weighted by Crippen LogP contribution is -2.47. The molecule has 3 aromatic rings. The van der Waals surface area contributed by atoms with Crippen LogP contribution in [0.3, 0.4) is 0 Å². The highest BCUT2D eigenvalue weighted by Gasteiger charge is 2.20. The van der Waals surface area contributed by atoms with Gasteiger partial charge in [0, 0.05) is 51.5 Å². The number of hydrogen-bond acceptors (Lipinski definition) is 10. The summed E-state index contributed by atoms with van der Waals surface area (Å²) >= 11 is 1.50. The van der Waals surface area contributed by atoms with Gasteiger partial charge in [-0.05, 0) is 24.6 Å². The number of rotatable bonds is 7. The largest absolute Gasteiger partial charge is 0.395 e. The van der Waals surface area contributed by atoms with Gasteiger partial charge in [-0.2, -0.15) is 15.0 Å². The van der Waals surface area contributed by atoms with E-state index in [1.54, 1.807) is 6.20 Å². The molecule has 3 N–H and O–H groups in total. The summed E-state index contributed by atoms with van der Waals surface area (Å²) in [6, 6.07) is 7.63. The quantitative estimate of drug-likeness (QED) is 0.493. The van der Waals surface area contributed by atoms with Crippen LogP contribution in [0.25, 0.3) is 10.4 Å². The molecule has 2 aromatic heterocycles. The molecule has 1 aliphatic heterocycles. The Morgan fingerprint density at radius 3 is 2.56 bits per heavy atom. The highest BCUT2D eigenvalue weighted by atomic mass is 32.1. The number of carbonyl (C=O) groups is 1. The summed E-state index contributed by atoms with van der Waals surface area (Å²) in [6.07, 6.45) is 1.80. The van der Waals surface area contributed by atoms with Crippen molar-refractivity contribution in [1.29, 1.82) is 0 Å².